The molecule has 0 aliphatic carbocycles. The lowest BCUT2D eigenvalue weighted by molar-refractivity contribution is 0.385. The molecule has 0 radical (unpaired) electrons. The molecule has 1 aromatic heterocycles. The maximum Gasteiger partial charge on any atom is 0.169 e. The van der Waals surface area contributed by atoms with Gasteiger partial charge in [0.25, 0.3) is 0 Å². The number of aryl methyl sites for hydroxylation is 1. The van der Waals surface area contributed by atoms with Crippen LogP contribution in [-0.2, 0) is 0 Å². The Balaban J connectivity index is 2.08. The van der Waals surface area contributed by atoms with Crippen molar-refractivity contribution in [3.63, 3.8) is 0 Å². The Morgan fingerprint density at radius 3 is 2.60 bits per heavy atom. The standard InChI is InChI=1S/C15H23N5/c1-4-17-10-13-5-7-20(8-6-13)15-14(9-16)11(2)12(3)18-19-15/h13,17H,4-8,10H2,1-3H3. The summed E-state index contributed by atoms with van der Waals surface area (Å²) in [6.07, 6.45) is 2.29. The van der Waals surface area contributed by atoms with E-state index < -0.39 is 0 Å². The first kappa shape index (κ1) is 14.7. The van der Waals surface area contributed by atoms with E-state index >= 15 is 0 Å². The molecular weight excluding hydrogens is 250 g/mol. The Morgan fingerprint density at radius 2 is 2.00 bits per heavy atom. The topological polar surface area (TPSA) is 64.8 Å². The van der Waals surface area contributed by atoms with Crippen LogP contribution in [0.15, 0.2) is 0 Å². The van der Waals surface area contributed by atoms with Gasteiger partial charge in [-0.1, -0.05) is 6.92 Å². The van der Waals surface area contributed by atoms with Gasteiger partial charge in [0.2, 0.25) is 0 Å². The fourth-order valence-electron chi connectivity index (χ4n) is 2.65. The maximum absolute atomic E-state index is 9.37. The molecule has 0 spiro atoms. The van der Waals surface area contributed by atoms with Gasteiger partial charge in [-0.3, -0.25) is 0 Å². The molecule has 0 atom stereocenters. The van der Waals surface area contributed by atoms with Gasteiger partial charge in [0.05, 0.1) is 5.69 Å². The largest absolute Gasteiger partial charge is 0.354 e. The van der Waals surface area contributed by atoms with Crippen LogP contribution in [0.5, 0.6) is 0 Å². The molecule has 5 heteroatoms. The number of nitriles is 1. The Labute approximate surface area is 121 Å². The SMILES string of the molecule is CCNCC1CCN(c2nnc(C)c(C)c2C#N)CC1. The maximum atomic E-state index is 9.37. The molecule has 0 saturated carbocycles. The zero-order valence-electron chi connectivity index (χ0n) is 12.6. The second-order valence-electron chi connectivity index (χ2n) is 5.46. The van der Waals surface area contributed by atoms with Crippen molar-refractivity contribution in [3.05, 3.63) is 16.8 Å². The van der Waals surface area contributed by atoms with Gasteiger partial charge < -0.3 is 10.2 Å². The van der Waals surface area contributed by atoms with Crippen LogP contribution in [0.1, 0.15) is 36.6 Å². The highest BCUT2D eigenvalue weighted by Crippen LogP contribution is 2.26. The summed E-state index contributed by atoms with van der Waals surface area (Å²) in [6.45, 7) is 10.0. The van der Waals surface area contributed by atoms with Crippen molar-refractivity contribution in [1.82, 2.24) is 15.5 Å². The lowest BCUT2D eigenvalue weighted by Gasteiger charge is -2.33. The zero-order valence-corrected chi connectivity index (χ0v) is 12.6. The normalized spacial score (nSPS) is 16.2. The number of piperidine rings is 1. The van der Waals surface area contributed by atoms with Gasteiger partial charge in [-0.05, 0) is 51.3 Å². The minimum Gasteiger partial charge on any atom is -0.354 e. The third-order valence-electron chi connectivity index (χ3n) is 4.14. The second kappa shape index (κ2) is 6.67. The van der Waals surface area contributed by atoms with Crippen LogP contribution in [0.25, 0.3) is 0 Å². The summed E-state index contributed by atoms with van der Waals surface area (Å²) < 4.78 is 0. The molecule has 2 rings (SSSR count). The minimum absolute atomic E-state index is 0.683. The molecule has 20 heavy (non-hydrogen) atoms. The van der Waals surface area contributed by atoms with Crippen LogP contribution in [0, 0.1) is 31.1 Å². The van der Waals surface area contributed by atoms with E-state index in [4.69, 9.17) is 0 Å². The van der Waals surface area contributed by atoms with Crippen LogP contribution >= 0.6 is 0 Å². The summed E-state index contributed by atoms with van der Waals surface area (Å²) in [6, 6.07) is 2.29. The summed E-state index contributed by atoms with van der Waals surface area (Å²) in [4.78, 5) is 2.21. The number of nitrogens with one attached hydrogen (secondary N) is 1. The molecule has 1 aliphatic rings. The number of aromatic nitrogens is 2. The van der Waals surface area contributed by atoms with E-state index in [2.05, 4.69) is 33.4 Å². The molecular formula is C15H23N5. The quantitative estimate of drug-likeness (QED) is 0.906. The monoisotopic (exact) mass is 273 g/mol. The number of nitrogens with zero attached hydrogens (tertiary/aromatic N) is 4. The van der Waals surface area contributed by atoms with Gasteiger partial charge in [0, 0.05) is 13.1 Å². The van der Waals surface area contributed by atoms with Crippen molar-refractivity contribution in [2.24, 2.45) is 5.92 Å². The van der Waals surface area contributed by atoms with Crippen molar-refractivity contribution >= 4 is 5.82 Å². The van der Waals surface area contributed by atoms with E-state index in [-0.39, 0.29) is 0 Å². The average molecular weight is 273 g/mol. The van der Waals surface area contributed by atoms with Gasteiger partial charge in [-0.15, -0.1) is 5.10 Å². The highest BCUT2D eigenvalue weighted by atomic mass is 15.3. The molecule has 0 aromatic carbocycles. The number of rotatable bonds is 4. The predicted octanol–water partition coefficient (Wildman–Crippen LogP) is 1.79. The zero-order chi connectivity index (χ0) is 14.5. The van der Waals surface area contributed by atoms with Gasteiger partial charge in [0.1, 0.15) is 11.6 Å². The van der Waals surface area contributed by atoms with E-state index in [9.17, 15) is 5.26 Å². The van der Waals surface area contributed by atoms with Crippen LogP contribution < -0.4 is 10.2 Å². The number of hydrogen-bond donors (Lipinski definition) is 1. The fourth-order valence-corrected chi connectivity index (χ4v) is 2.65. The van der Waals surface area contributed by atoms with Gasteiger partial charge in [-0.25, -0.2) is 0 Å². The van der Waals surface area contributed by atoms with Crippen LogP contribution in [-0.4, -0.2) is 36.4 Å². The molecule has 5 nitrogen and oxygen atoms in total. The van der Waals surface area contributed by atoms with E-state index in [0.29, 0.717) is 5.56 Å². The van der Waals surface area contributed by atoms with Crippen molar-refractivity contribution in [1.29, 1.82) is 5.26 Å². The van der Waals surface area contributed by atoms with E-state index in [1.807, 2.05) is 13.8 Å². The van der Waals surface area contributed by atoms with Crippen LogP contribution in [0.2, 0.25) is 0 Å². The molecule has 2 heterocycles. The summed E-state index contributed by atoms with van der Waals surface area (Å²) in [7, 11) is 0. The highest BCUT2D eigenvalue weighted by molar-refractivity contribution is 5.57. The van der Waals surface area contributed by atoms with E-state index in [0.717, 1.165) is 62.0 Å². The molecule has 0 amide bonds. The summed E-state index contributed by atoms with van der Waals surface area (Å²) in [5.74, 6) is 1.49. The molecule has 0 bridgehead atoms. The summed E-state index contributed by atoms with van der Waals surface area (Å²) >= 11 is 0. The summed E-state index contributed by atoms with van der Waals surface area (Å²) in [5, 5.41) is 21.2. The van der Waals surface area contributed by atoms with E-state index in [1.165, 1.54) is 0 Å². The fraction of sp³-hybridized carbons (Fsp3) is 0.667. The Bertz CT molecular complexity index is 498. The molecule has 1 aromatic rings. The number of anilines is 1. The van der Waals surface area contributed by atoms with E-state index in [1.54, 1.807) is 0 Å². The van der Waals surface area contributed by atoms with Gasteiger partial charge >= 0.3 is 0 Å². The molecule has 0 unspecified atom stereocenters. The smallest absolute Gasteiger partial charge is 0.169 e. The first-order chi connectivity index (χ1) is 9.67. The first-order valence-electron chi connectivity index (χ1n) is 7.37. The summed E-state index contributed by atoms with van der Waals surface area (Å²) in [5.41, 5.74) is 2.47. The molecule has 1 saturated heterocycles. The Kier molecular flexibility index (Phi) is 4.91. The van der Waals surface area contributed by atoms with Crippen molar-refractivity contribution in [3.8, 4) is 6.07 Å². The van der Waals surface area contributed by atoms with Gasteiger partial charge in [0.15, 0.2) is 5.82 Å². The average Bonchev–Trinajstić information content (AvgIpc) is 2.48. The molecule has 108 valence electrons. The lowest BCUT2D eigenvalue weighted by atomic mass is 9.96. The second-order valence-corrected chi connectivity index (χ2v) is 5.46. The third kappa shape index (κ3) is 3.07. The number of hydrogen-bond acceptors (Lipinski definition) is 5. The van der Waals surface area contributed by atoms with Crippen molar-refractivity contribution in [2.45, 2.75) is 33.6 Å². The molecule has 1 aliphatic heterocycles. The Hall–Kier alpha value is -1.67. The molecule has 1 N–H and O–H groups in total. The van der Waals surface area contributed by atoms with Crippen LogP contribution in [0.3, 0.4) is 0 Å². The minimum atomic E-state index is 0.683. The first-order valence-corrected chi connectivity index (χ1v) is 7.37. The highest BCUT2D eigenvalue weighted by Gasteiger charge is 2.23. The van der Waals surface area contributed by atoms with Crippen molar-refractivity contribution in [2.75, 3.05) is 31.1 Å². The third-order valence-corrected chi connectivity index (χ3v) is 4.14. The molecule has 1 fully saturated rings. The van der Waals surface area contributed by atoms with Gasteiger partial charge in [-0.2, -0.15) is 10.4 Å². The van der Waals surface area contributed by atoms with Crippen LogP contribution in [0.4, 0.5) is 5.82 Å². The lowest BCUT2D eigenvalue weighted by Crippen LogP contribution is -2.38. The predicted molar refractivity (Wildman–Crippen MR) is 79.7 cm³/mol. The Morgan fingerprint density at radius 1 is 1.30 bits per heavy atom. The van der Waals surface area contributed by atoms with Crippen molar-refractivity contribution < 1.29 is 0 Å².